The average Bonchev–Trinajstić information content (AvgIpc) is 2.07. The molecule has 0 fully saturated rings. The highest BCUT2D eigenvalue weighted by atomic mass is 15.3. The maximum Gasteiger partial charge on any atom is 0.203 e. The molecule has 0 aliphatic carbocycles. The number of hydrogen-bond acceptors (Lipinski definition) is 4. The third-order valence-electron chi connectivity index (χ3n) is 1.10. The van der Waals surface area contributed by atoms with E-state index in [1.165, 1.54) is 0 Å². The van der Waals surface area contributed by atoms with Crippen molar-refractivity contribution in [2.24, 2.45) is 15.2 Å². The molecule has 2 rings (SSSR count). The molecule has 0 saturated heterocycles. The quantitative estimate of drug-likeness (QED) is 0.570. The van der Waals surface area contributed by atoms with Crippen molar-refractivity contribution in [2.75, 3.05) is 0 Å². The van der Waals surface area contributed by atoms with Crippen LogP contribution in [0.25, 0.3) is 0 Å². The topological polar surface area (TPSA) is 65.8 Å². The molecule has 0 bridgehead atoms. The van der Waals surface area contributed by atoms with Gasteiger partial charge in [0.05, 0.1) is 0 Å². The molecule has 1 N–H and O–H groups in total. The molecular formula is C4H3N5. The summed E-state index contributed by atoms with van der Waals surface area (Å²) < 4.78 is 0. The van der Waals surface area contributed by atoms with Crippen LogP contribution in [0.2, 0.25) is 0 Å². The average molecular weight is 121 g/mol. The first-order chi connectivity index (χ1) is 4.42. The second-order valence-corrected chi connectivity index (χ2v) is 1.60. The molecule has 5 nitrogen and oxygen atoms in total. The molecule has 0 saturated carbocycles. The van der Waals surface area contributed by atoms with Gasteiger partial charge in [0.25, 0.3) is 0 Å². The SMILES string of the molecule is C=Nc1n[nH]c2c1N=N2. The predicted octanol–water partition coefficient (Wildman–Crippen LogP) is 1.47. The van der Waals surface area contributed by atoms with Gasteiger partial charge in [0.2, 0.25) is 11.6 Å². The lowest BCUT2D eigenvalue weighted by molar-refractivity contribution is 1.04. The molecule has 0 unspecified atom stereocenters. The predicted molar refractivity (Wildman–Crippen MR) is 32.0 cm³/mol. The molecule has 44 valence electrons. The van der Waals surface area contributed by atoms with E-state index in [0.29, 0.717) is 17.3 Å². The van der Waals surface area contributed by atoms with Gasteiger partial charge >= 0.3 is 0 Å². The Balaban J connectivity index is 2.64. The van der Waals surface area contributed by atoms with Gasteiger partial charge < -0.3 is 0 Å². The number of aromatic nitrogens is 2. The lowest BCUT2D eigenvalue weighted by Crippen LogP contribution is -1.69. The van der Waals surface area contributed by atoms with Crippen LogP contribution in [0.4, 0.5) is 17.3 Å². The minimum absolute atomic E-state index is 0.528. The fourth-order valence-electron chi connectivity index (χ4n) is 0.645. The zero-order valence-corrected chi connectivity index (χ0v) is 4.50. The lowest BCUT2D eigenvalue weighted by Gasteiger charge is -1.95. The van der Waals surface area contributed by atoms with E-state index in [1.807, 2.05) is 0 Å². The van der Waals surface area contributed by atoms with Gasteiger partial charge in [0.1, 0.15) is 0 Å². The van der Waals surface area contributed by atoms with Crippen LogP contribution in [-0.4, -0.2) is 16.9 Å². The minimum atomic E-state index is 0.528. The molecule has 1 aliphatic rings. The monoisotopic (exact) mass is 121 g/mol. The van der Waals surface area contributed by atoms with Crippen molar-refractivity contribution in [3.8, 4) is 0 Å². The summed E-state index contributed by atoms with van der Waals surface area (Å²) in [7, 11) is 0. The summed E-state index contributed by atoms with van der Waals surface area (Å²) in [5.41, 5.74) is 0.713. The maximum atomic E-state index is 3.75. The van der Waals surface area contributed by atoms with E-state index in [2.05, 4.69) is 32.1 Å². The number of H-pyrrole nitrogens is 1. The first kappa shape index (κ1) is 4.37. The number of aromatic amines is 1. The van der Waals surface area contributed by atoms with Gasteiger partial charge in [-0.2, -0.15) is 5.10 Å². The molecule has 0 radical (unpaired) electrons. The molecular weight excluding hydrogens is 118 g/mol. The number of nitrogens with zero attached hydrogens (tertiary/aromatic N) is 4. The van der Waals surface area contributed by atoms with Gasteiger partial charge in [-0.25, -0.2) is 4.99 Å². The van der Waals surface area contributed by atoms with Crippen LogP contribution >= 0.6 is 0 Å². The number of hydrogen-bond donors (Lipinski definition) is 1. The largest absolute Gasteiger partial charge is 0.256 e. The number of rotatable bonds is 1. The summed E-state index contributed by atoms with van der Waals surface area (Å²) in [4.78, 5) is 3.60. The van der Waals surface area contributed by atoms with Crippen molar-refractivity contribution in [1.29, 1.82) is 0 Å². The third kappa shape index (κ3) is 0.381. The van der Waals surface area contributed by atoms with Crippen LogP contribution in [0, 0.1) is 0 Å². The van der Waals surface area contributed by atoms with Gasteiger partial charge in [-0.15, -0.1) is 10.2 Å². The molecule has 5 heteroatoms. The van der Waals surface area contributed by atoms with E-state index in [-0.39, 0.29) is 0 Å². The number of fused-ring (bicyclic) bond motifs is 1. The Morgan fingerprint density at radius 3 is 2.67 bits per heavy atom. The van der Waals surface area contributed by atoms with E-state index < -0.39 is 0 Å². The summed E-state index contributed by atoms with van der Waals surface area (Å²) in [6, 6.07) is 0. The van der Waals surface area contributed by atoms with Crippen molar-refractivity contribution < 1.29 is 0 Å². The third-order valence-corrected chi connectivity index (χ3v) is 1.10. The Kier molecular flexibility index (Phi) is 0.606. The first-order valence-corrected chi connectivity index (χ1v) is 2.38. The first-order valence-electron chi connectivity index (χ1n) is 2.38. The van der Waals surface area contributed by atoms with E-state index in [1.54, 1.807) is 0 Å². The van der Waals surface area contributed by atoms with Crippen LogP contribution in [0.15, 0.2) is 15.2 Å². The van der Waals surface area contributed by atoms with Crippen molar-refractivity contribution >= 4 is 24.0 Å². The zero-order valence-electron chi connectivity index (χ0n) is 4.50. The van der Waals surface area contributed by atoms with Crippen molar-refractivity contribution in [3.05, 3.63) is 0 Å². The number of nitrogens with one attached hydrogen (secondary N) is 1. The van der Waals surface area contributed by atoms with E-state index in [0.717, 1.165) is 0 Å². The Morgan fingerprint density at radius 2 is 2.33 bits per heavy atom. The Bertz CT molecular complexity index is 283. The molecule has 1 aliphatic heterocycles. The van der Waals surface area contributed by atoms with Gasteiger partial charge in [-0.05, 0) is 6.72 Å². The van der Waals surface area contributed by atoms with Crippen LogP contribution in [-0.2, 0) is 0 Å². The summed E-state index contributed by atoms with van der Waals surface area (Å²) in [6.07, 6.45) is 0. The highest BCUT2D eigenvalue weighted by molar-refractivity contribution is 5.74. The Morgan fingerprint density at radius 1 is 1.44 bits per heavy atom. The smallest absolute Gasteiger partial charge is 0.203 e. The Hall–Kier alpha value is -1.52. The molecule has 0 atom stereocenters. The van der Waals surface area contributed by atoms with E-state index >= 15 is 0 Å². The van der Waals surface area contributed by atoms with Gasteiger partial charge in [-0.3, -0.25) is 5.10 Å². The van der Waals surface area contributed by atoms with Crippen LogP contribution in [0.1, 0.15) is 0 Å². The summed E-state index contributed by atoms with van der Waals surface area (Å²) in [5.74, 6) is 1.22. The minimum Gasteiger partial charge on any atom is -0.256 e. The lowest BCUT2D eigenvalue weighted by atomic mass is 10.4. The van der Waals surface area contributed by atoms with Crippen molar-refractivity contribution in [2.45, 2.75) is 0 Å². The fraction of sp³-hybridized carbons (Fsp3) is 0. The van der Waals surface area contributed by atoms with E-state index in [9.17, 15) is 0 Å². The van der Waals surface area contributed by atoms with Crippen molar-refractivity contribution in [3.63, 3.8) is 0 Å². The fourth-order valence-corrected chi connectivity index (χ4v) is 0.645. The highest BCUT2D eigenvalue weighted by Crippen LogP contribution is 2.42. The van der Waals surface area contributed by atoms with Gasteiger partial charge in [-0.1, -0.05) is 0 Å². The van der Waals surface area contributed by atoms with Gasteiger partial charge in [0, 0.05) is 0 Å². The van der Waals surface area contributed by atoms with Crippen LogP contribution in [0.3, 0.4) is 0 Å². The molecule has 1 aromatic heterocycles. The molecule has 0 spiro atoms. The Labute approximate surface area is 50.5 Å². The highest BCUT2D eigenvalue weighted by Gasteiger charge is 2.17. The normalized spacial score (nSPS) is 12.4. The second-order valence-electron chi connectivity index (χ2n) is 1.60. The zero-order chi connectivity index (χ0) is 6.27. The van der Waals surface area contributed by atoms with Gasteiger partial charge in [0.15, 0.2) is 5.69 Å². The summed E-state index contributed by atoms with van der Waals surface area (Å²) >= 11 is 0. The standard InChI is InChI=1S/C4H3N5/c1-5-3-2-4(8-6-2)9-7-3/h1H2,(H,7,8,9). The van der Waals surface area contributed by atoms with E-state index in [4.69, 9.17) is 0 Å². The summed E-state index contributed by atoms with van der Waals surface area (Å²) in [5, 5.41) is 13.7. The molecule has 2 heterocycles. The molecule has 1 aromatic rings. The summed E-state index contributed by atoms with van der Waals surface area (Å²) in [6.45, 7) is 3.30. The molecule has 0 amide bonds. The second kappa shape index (κ2) is 1.25. The van der Waals surface area contributed by atoms with Crippen molar-refractivity contribution in [1.82, 2.24) is 10.2 Å². The maximum absolute atomic E-state index is 3.75. The number of aliphatic imine (C=N–C) groups is 1. The van der Waals surface area contributed by atoms with Crippen LogP contribution < -0.4 is 0 Å². The molecule has 0 aromatic carbocycles. The molecule has 9 heavy (non-hydrogen) atoms. The van der Waals surface area contributed by atoms with Crippen LogP contribution in [0.5, 0.6) is 0 Å². The number of azo groups is 1.